The molecular weight excluding hydrogens is 326 g/mol. The monoisotopic (exact) mass is 349 g/mol. The molecule has 0 bridgehead atoms. The minimum absolute atomic E-state index is 0.00308. The maximum Gasteiger partial charge on any atom is 0.306 e. The van der Waals surface area contributed by atoms with Crippen molar-refractivity contribution in [3.63, 3.8) is 0 Å². The van der Waals surface area contributed by atoms with Crippen LogP contribution in [0.25, 0.3) is 0 Å². The van der Waals surface area contributed by atoms with Crippen molar-refractivity contribution in [2.24, 2.45) is 0 Å². The molecule has 2 rings (SSSR count). The minimum atomic E-state index is -0.523. The van der Waals surface area contributed by atoms with Gasteiger partial charge >= 0.3 is 5.97 Å². The second kappa shape index (κ2) is 10.0. The van der Waals surface area contributed by atoms with Crippen molar-refractivity contribution in [3.8, 4) is 0 Å². The van der Waals surface area contributed by atoms with Gasteiger partial charge in [-0.1, -0.05) is 17.7 Å². The van der Waals surface area contributed by atoms with E-state index in [1.54, 1.807) is 12.1 Å². The molecule has 1 aromatic rings. The lowest BCUT2D eigenvalue weighted by atomic mass is 9.97. The number of hydrogen-bond acceptors (Lipinski definition) is 5. The highest BCUT2D eigenvalue weighted by Gasteiger charge is 2.12. The van der Waals surface area contributed by atoms with Crippen molar-refractivity contribution in [1.29, 1.82) is 0 Å². The quantitative estimate of drug-likeness (QED) is 0.422. The van der Waals surface area contributed by atoms with E-state index in [4.69, 9.17) is 4.74 Å². The molecule has 0 radical (unpaired) electrons. The fourth-order valence-corrected chi connectivity index (χ4v) is 3.23. The number of allylic oxidation sites excluding steroid dienone is 1. The van der Waals surface area contributed by atoms with Gasteiger partial charge in [0.2, 0.25) is 0 Å². The molecule has 1 N–H and O–H groups in total. The molecule has 1 aliphatic rings. The Bertz CT molecular complexity index is 592. The zero-order valence-electron chi connectivity index (χ0n) is 13.7. The van der Waals surface area contributed by atoms with Gasteiger partial charge in [0.05, 0.1) is 11.3 Å². The van der Waals surface area contributed by atoms with Gasteiger partial charge in [0.25, 0.3) is 5.91 Å². The zero-order chi connectivity index (χ0) is 17.2. The topological polar surface area (TPSA) is 72.5 Å². The van der Waals surface area contributed by atoms with Crippen LogP contribution < -0.4 is 5.32 Å². The van der Waals surface area contributed by atoms with Gasteiger partial charge in [0, 0.05) is 13.0 Å². The molecule has 0 aliphatic heterocycles. The lowest BCUT2D eigenvalue weighted by Crippen LogP contribution is -2.29. The van der Waals surface area contributed by atoms with Crippen molar-refractivity contribution in [3.05, 3.63) is 34.0 Å². The molecule has 6 heteroatoms. The predicted molar refractivity (Wildman–Crippen MR) is 93.0 cm³/mol. The standard InChI is InChI=1S/C18H23NO4S/c20-15(16-7-4-12-24-16)8-9-18(22)23-13-17(21)19-11-10-14-5-2-1-3-6-14/h4-5,7,12H,1-3,6,8-11,13H2,(H,19,21). The van der Waals surface area contributed by atoms with Crippen molar-refractivity contribution in [1.82, 2.24) is 5.32 Å². The number of carbonyl (C=O) groups excluding carboxylic acids is 3. The number of amides is 1. The Morgan fingerprint density at radius 2 is 2.08 bits per heavy atom. The van der Waals surface area contributed by atoms with Crippen LogP contribution in [0.1, 0.15) is 54.6 Å². The van der Waals surface area contributed by atoms with Crippen LogP contribution in [0.3, 0.4) is 0 Å². The molecule has 24 heavy (non-hydrogen) atoms. The first-order chi connectivity index (χ1) is 11.6. The number of nitrogens with one attached hydrogen (secondary N) is 1. The van der Waals surface area contributed by atoms with Gasteiger partial charge in [0.1, 0.15) is 0 Å². The Kier molecular flexibility index (Phi) is 7.68. The average molecular weight is 349 g/mol. The first kappa shape index (κ1) is 18.4. The first-order valence-corrected chi connectivity index (χ1v) is 9.20. The van der Waals surface area contributed by atoms with Crippen LogP contribution in [-0.4, -0.2) is 30.8 Å². The number of ether oxygens (including phenoxy) is 1. The summed E-state index contributed by atoms with van der Waals surface area (Å²) in [5.41, 5.74) is 1.39. The lowest BCUT2D eigenvalue weighted by Gasteiger charge is -2.13. The highest BCUT2D eigenvalue weighted by atomic mass is 32.1. The number of rotatable bonds is 9. The molecule has 0 fully saturated rings. The Balaban J connectivity index is 1.55. The zero-order valence-corrected chi connectivity index (χ0v) is 14.5. The van der Waals surface area contributed by atoms with Crippen molar-refractivity contribution in [2.75, 3.05) is 13.2 Å². The van der Waals surface area contributed by atoms with Crippen LogP contribution in [0.4, 0.5) is 0 Å². The summed E-state index contributed by atoms with van der Waals surface area (Å²) in [6.07, 6.45) is 7.93. The van der Waals surface area contributed by atoms with Gasteiger partial charge in [-0.15, -0.1) is 11.3 Å². The molecule has 0 aromatic carbocycles. The second-order valence-corrected chi connectivity index (χ2v) is 6.72. The molecule has 0 saturated carbocycles. The molecule has 0 spiro atoms. The van der Waals surface area contributed by atoms with Gasteiger partial charge < -0.3 is 10.1 Å². The van der Waals surface area contributed by atoms with E-state index in [1.165, 1.54) is 29.8 Å². The number of hydrogen-bond donors (Lipinski definition) is 1. The fraction of sp³-hybridized carbons (Fsp3) is 0.500. The Labute approximate surface area is 146 Å². The molecular formula is C18H23NO4S. The van der Waals surface area contributed by atoms with Gasteiger partial charge in [-0.05, 0) is 43.6 Å². The van der Waals surface area contributed by atoms with E-state index in [0.717, 1.165) is 19.3 Å². The van der Waals surface area contributed by atoms with Crippen LogP contribution in [0.5, 0.6) is 0 Å². The third kappa shape index (κ3) is 6.66. The van der Waals surface area contributed by atoms with Crippen LogP contribution >= 0.6 is 11.3 Å². The molecule has 1 aliphatic carbocycles. The van der Waals surface area contributed by atoms with Crippen LogP contribution in [0.2, 0.25) is 0 Å². The molecule has 1 heterocycles. The molecule has 0 atom stereocenters. The average Bonchev–Trinajstić information content (AvgIpc) is 3.13. The maximum absolute atomic E-state index is 11.8. The van der Waals surface area contributed by atoms with Gasteiger partial charge in [0.15, 0.2) is 12.4 Å². The van der Waals surface area contributed by atoms with E-state index in [9.17, 15) is 14.4 Å². The normalized spacial score (nSPS) is 13.9. The Hall–Kier alpha value is -1.95. The summed E-state index contributed by atoms with van der Waals surface area (Å²) in [7, 11) is 0. The molecule has 0 unspecified atom stereocenters. The Morgan fingerprint density at radius 3 is 2.79 bits per heavy atom. The number of thiophene rings is 1. The van der Waals surface area contributed by atoms with Crippen LogP contribution in [0, 0.1) is 0 Å². The van der Waals surface area contributed by atoms with E-state index in [1.807, 2.05) is 5.38 Å². The second-order valence-electron chi connectivity index (χ2n) is 5.77. The maximum atomic E-state index is 11.8. The number of Topliss-reactive ketones (excluding diaryl/α,β-unsaturated/α-hetero) is 1. The molecule has 1 aromatic heterocycles. The lowest BCUT2D eigenvalue weighted by molar-refractivity contribution is -0.148. The summed E-state index contributed by atoms with van der Waals surface area (Å²) in [4.78, 5) is 35.6. The van der Waals surface area contributed by atoms with E-state index in [2.05, 4.69) is 11.4 Å². The highest BCUT2D eigenvalue weighted by Crippen LogP contribution is 2.19. The molecule has 130 valence electrons. The summed E-state index contributed by atoms with van der Waals surface area (Å²) < 4.78 is 4.90. The number of ketones is 1. The molecule has 0 saturated heterocycles. The summed E-state index contributed by atoms with van der Waals surface area (Å²) >= 11 is 1.35. The predicted octanol–water partition coefficient (Wildman–Crippen LogP) is 3.26. The summed E-state index contributed by atoms with van der Waals surface area (Å²) in [5, 5.41) is 4.57. The van der Waals surface area contributed by atoms with Crippen molar-refractivity contribution in [2.45, 2.75) is 44.9 Å². The van der Waals surface area contributed by atoms with Gasteiger partial charge in [-0.3, -0.25) is 14.4 Å². The SMILES string of the molecule is O=C(COC(=O)CCC(=O)c1cccs1)NCCC1=CCCCC1. The first-order valence-electron chi connectivity index (χ1n) is 8.32. The summed E-state index contributed by atoms with van der Waals surface area (Å²) in [5.74, 6) is -0.901. The van der Waals surface area contributed by atoms with E-state index in [0.29, 0.717) is 11.4 Å². The third-order valence-electron chi connectivity index (χ3n) is 3.87. The van der Waals surface area contributed by atoms with Crippen molar-refractivity contribution >= 4 is 29.0 Å². The number of esters is 1. The molecule has 1 amide bonds. The van der Waals surface area contributed by atoms with Gasteiger partial charge in [-0.25, -0.2) is 0 Å². The van der Waals surface area contributed by atoms with E-state index >= 15 is 0 Å². The third-order valence-corrected chi connectivity index (χ3v) is 4.78. The summed E-state index contributed by atoms with van der Waals surface area (Å²) in [6, 6.07) is 3.53. The van der Waals surface area contributed by atoms with Crippen molar-refractivity contribution < 1.29 is 19.1 Å². The van der Waals surface area contributed by atoms with Crippen LogP contribution in [-0.2, 0) is 14.3 Å². The van der Waals surface area contributed by atoms with E-state index in [-0.39, 0.29) is 31.1 Å². The summed E-state index contributed by atoms with van der Waals surface area (Å²) in [6.45, 7) is 0.282. The smallest absolute Gasteiger partial charge is 0.306 e. The van der Waals surface area contributed by atoms with Gasteiger partial charge in [-0.2, -0.15) is 0 Å². The molecule has 5 nitrogen and oxygen atoms in total. The fourth-order valence-electron chi connectivity index (χ4n) is 2.54. The van der Waals surface area contributed by atoms with Crippen LogP contribution in [0.15, 0.2) is 29.2 Å². The number of carbonyl (C=O) groups is 3. The highest BCUT2D eigenvalue weighted by molar-refractivity contribution is 7.12. The largest absolute Gasteiger partial charge is 0.456 e. The Morgan fingerprint density at radius 1 is 1.21 bits per heavy atom. The van der Waals surface area contributed by atoms with E-state index < -0.39 is 5.97 Å². The minimum Gasteiger partial charge on any atom is -0.456 e.